The van der Waals surface area contributed by atoms with Crippen LogP contribution in [0.3, 0.4) is 0 Å². The molecule has 20 heteroatoms. The molecule has 3 aromatic carbocycles. The summed E-state index contributed by atoms with van der Waals surface area (Å²) in [7, 11) is -10.00. The molecule has 0 aliphatic heterocycles. The first kappa shape index (κ1) is 35.2. The Labute approximate surface area is 262 Å². The fraction of sp³-hybridized carbons (Fsp3) is 0.167. The second kappa shape index (κ2) is 13.4. The number of hydrogen-bond donors (Lipinski definition) is 2. The minimum Gasteiger partial charge on any atom is -0.456 e. The second-order valence-electron chi connectivity index (χ2n) is 8.33. The number of halogens is 6. The molecule has 0 atom stereocenters. The van der Waals surface area contributed by atoms with E-state index in [0.29, 0.717) is 6.07 Å². The van der Waals surface area contributed by atoms with E-state index in [1.807, 2.05) is 31.9 Å². The molecule has 0 amide bonds. The van der Waals surface area contributed by atoms with Crippen molar-refractivity contribution in [2.45, 2.75) is 19.5 Å². The average molecular weight is 796 g/mol. The third-order valence-corrected chi connectivity index (χ3v) is 7.15. The van der Waals surface area contributed by atoms with Gasteiger partial charge in [0.05, 0.1) is 11.1 Å². The van der Waals surface area contributed by atoms with Crippen LogP contribution in [0.1, 0.15) is 20.7 Å². The van der Waals surface area contributed by atoms with Crippen molar-refractivity contribution < 1.29 is 72.0 Å². The van der Waals surface area contributed by atoms with Crippen molar-refractivity contribution in [3.05, 3.63) is 71.8 Å². The van der Waals surface area contributed by atoms with E-state index in [-0.39, 0.29) is 11.3 Å². The number of benzene rings is 3. The second-order valence-corrected chi connectivity index (χ2v) is 13.4. The molecule has 0 aliphatic carbocycles. The highest BCUT2D eigenvalue weighted by Gasteiger charge is 2.29. The zero-order valence-electron chi connectivity index (χ0n) is 21.2. The number of rotatable bonds is 12. The van der Waals surface area contributed by atoms with Gasteiger partial charge in [-0.1, -0.05) is 6.07 Å². The normalized spacial score (nSPS) is 12.4. The molecule has 12 nitrogen and oxygen atoms in total. The predicted octanol–water partition coefficient (Wildman–Crippen LogP) is 6.05. The van der Waals surface area contributed by atoms with Crippen molar-refractivity contribution in [3.8, 4) is 23.0 Å². The SMILES string of the molecule is O=C(OCC(F)(F)Br)c1cccc(Oc2cc(Oc3cc(C(=O)OCC(F)(F)Br)ccc3S(=O)(=O)O)ccc2S(=O)(=O)O)c1. The number of carbonyl (C=O) groups excluding carboxylic acids is 2. The van der Waals surface area contributed by atoms with Crippen molar-refractivity contribution in [3.63, 3.8) is 0 Å². The first-order chi connectivity index (χ1) is 20.1. The lowest BCUT2D eigenvalue weighted by Crippen LogP contribution is -2.19. The number of alkyl halides is 6. The fourth-order valence-corrected chi connectivity index (χ4v) is 4.59. The van der Waals surface area contributed by atoms with Crippen LogP contribution in [0.25, 0.3) is 0 Å². The molecular formula is C24H16Br2F4O12S2. The Morgan fingerprint density at radius 1 is 0.659 bits per heavy atom. The monoisotopic (exact) mass is 794 g/mol. The molecule has 0 aromatic heterocycles. The Hall–Kier alpha value is -3.30. The molecule has 0 aliphatic rings. The Kier molecular flexibility index (Phi) is 10.7. The summed E-state index contributed by atoms with van der Waals surface area (Å²) in [6.07, 6.45) is 0. The predicted molar refractivity (Wildman–Crippen MR) is 147 cm³/mol. The van der Waals surface area contributed by atoms with Gasteiger partial charge in [-0.15, -0.1) is 0 Å². The molecule has 2 N–H and O–H groups in total. The van der Waals surface area contributed by atoms with Crippen LogP contribution in [0.15, 0.2) is 70.5 Å². The third kappa shape index (κ3) is 10.4. The smallest absolute Gasteiger partial charge is 0.338 e. The zero-order chi connectivity index (χ0) is 33.1. The fourth-order valence-electron chi connectivity index (χ4n) is 3.17. The van der Waals surface area contributed by atoms with Gasteiger partial charge in [0.1, 0.15) is 27.0 Å². The van der Waals surface area contributed by atoms with Crippen LogP contribution in [-0.4, -0.2) is 60.8 Å². The third-order valence-electron chi connectivity index (χ3n) is 4.91. The maximum Gasteiger partial charge on any atom is 0.338 e. The largest absolute Gasteiger partial charge is 0.456 e. The lowest BCUT2D eigenvalue weighted by Gasteiger charge is -2.15. The molecular weight excluding hydrogens is 780 g/mol. The van der Waals surface area contributed by atoms with Crippen molar-refractivity contribution in [1.29, 1.82) is 0 Å². The maximum atomic E-state index is 13.0. The van der Waals surface area contributed by atoms with Gasteiger partial charge in [0.25, 0.3) is 20.2 Å². The lowest BCUT2D eigenvalue weighted by atomic mass is 10.2. The van der Waals surface area contributed by atoms with Crippen LogP contribution < -0.4 is 9.47 Å². The Balaban J connectivity index is 1.99. The van der Waals surface area contributed by atoms with Gasteiger partial charge >= 0.3 is 21.6 Å². The molecule has 0 saturated heterocycles. The number of hydrogen-bond acceptors (Lipinski definition) is 10. The number of esters is 2. The first-order valence-electron chi connectivity index (χ1n) is 11.3. The summed E-state index contributed by atoms with van der Waals surface area (Å²) in [5.41, 5.74) is -0.782. The molecule has 0 bridgehead atoms. The van der Waals surface area contributed by atoms with E-state index in [1.165, 1.54) is 18.2 Å². The van der Waals surface area contributed by atoms with Gasteiger partial charge < -0.3 is 18.9 Å². The summed E-state index contributed by atoms with van der Waals surface area (Å²) in [4.78, 5) is 15.5. The lowest BCUT2D eigenvalue weighted by molar-refractivity contribution is 0.00356. The van der Waals surface area contributed by atoms with Crippen molar-refractivity contribution >= 4 is 64.0 Å². The van der Waals surface area contributed by atoms with E-state index in [4.69, 9.17) is 9.47 Å². The van der Waals surface area contributed by atoms with Crippen LogP contribution in [-0.2, 0) is 29.7 Å². The Bertz CT molecular complexity index is 1790. The summed E-state index contributed by atoms with van der Waals surface area (Å²) in [5, 5.41) is 0. The molecule has 0 heterocycles. The maximum absolute atomic E-state index is 13.0. The van der Waals surface area contributed by atoms with E-state index < -0.39 is 87.7 Å². The summed E-state index contributed by atoms with van der Waals surface area (Å²) in [6, 6.07) is 9.33. The molecule has 0 radical (unpaired) electrons. The minimum absolute atomic E-state index is 0.265. The molecule has 0 unspecified atom stereocenters. The molecule has 0 fully saturated rings. The quantitative estimate of drug-likeness (QED) is 0.0939. The first-order valence-corrected chi connectivity index (χ1v) is 15.8. The summed E-state index contributed by atoms with van der Waals surface area (Å²) in [6.45, 7) is -2.70. The van der Waals surface area contributed by atoms with E-state index in [1.54, 1.807) is 0 Å². The van der Waals surface area contributed by atoms with Gasteiger partial charge in [-0.3, -0.25) is 9.11 Å². The standard InChI is InChI=1S/C24H16Br2F4O12S2/c25-23(27,28)11-39-21(31)13-2-1-3-15(8-13)41-18-10-16(5-7-20(18)44(36,37)38)42-17-9-14(4-6-19(17)43(33,34)35)22(32)40-12-24(26,29)30/h1-10H,11-12H2,(H,33,34,35)(H,36,37,38). The van der Waals surface area contributed by atoms with Crippen molar-refractivity contribution in [2.75, 3.05) is 13.2 Å². The summed E-state index contributed by atoms with van der Waals surface area (Å²) in [5.74, 6) is -4.61. The molecule has 0 spiro atoms. The van der Waals surface area contributed by atoms with Crippen LogP contribution >= 0.6 is 31.9 Å². The van der Waals surface area contributed by atoms with Gasteiger partial charge in [0, 0.05) is 6.07 Å². The van der Waals surface area contributed by atoms with Gasteiger partial charge in [-0.2, -0.15) is 34.4 Å². The zero-order valence-corrected chi connectivity index (χ0v) is 26.1. The Morgan fingerprint density at radius 3 is 1.57 bits per heavy atom. The summed E-state index contributed by atoms with van der Waals surface area (Å²) < 4.78 is 139. The number of carbonyl (C=O) groups is 2. The van der Waals surface area contributed by atoms with Gasteiger partial charge in [-0.05, 0) is 80.4 Å². The van der Waals surface area contributed by atoms with Gasteiger partial charge in [0.15, 0.2) is 19.0 Å². The Morgan fingerprint density at radius 2 is 1.09 bits per heavy atom. The van der Waals surface area contributed by atoms with E-state index in [9.17, 15) is 53.1 Å². The average Bonchev–Trinajstić information content (AvgIpc) is 2.88. The number of ether oxygens (including phenoxy) is 4. The highest BCUT2D eigenvalue weighted by atomic mass is 79.9. The van der Waals surface area contributed by atoms with Crippen LogP contribution in [0, 0.1) is 0 Å². The van der Waals surface area contributed by atoms with E-state index in [0.717, 1.165) is 36.4 Å². The van der Waals surface area contributed by atoms with Crippen LogP contribution in [0.5, 0.6) is 23.0 Å². The molecule has 3 rings (SSSR count). The van der Waals surface area contributed by atoms with Crippen molar-refractivity contribution in [1.82, 2.24) is 0 Å². The highest BCUT2D eigenvalue weighted by Crippen LogP contribution is 2.37. The molecule has 238 valence electrons. The molecule has 3 aromatic rings. The topological polar surface area (TPSA) is 180 Å². The molecule has 44 heavy (non-hydrogen) atoms. The summed E-state index contributed by atoms with van der Waals surface area (Å²) >= 11 is 3.99. The van der Waals surface area contributed by atoms with Gasteiger partial charge in [0.2, 0.25) is 0 Å². The van der Waals surface area contributed by atoms with E-state index >= 15 is 0 Å². The van der Waals surface area contributed by atoms with Crippen LogP contribution in [0.4, 0.5) is 17.6 Å². The minimum atomic E-state index is -5.01. The highest BCUT2D eigenvalue weighted by molar-refractivity contribution is 9.10. The van der Waals surface area contributed by atoms with Crippen molar-refractivity contribution in [2.24, 2.45) is 0 Å². The van der Waals surface area contributed by atoms with Gasteiger partial charge in [-0.25, -0.2) is 9.59 Å². The van der Waals surface area contributed by atoms with Crippen LogP contribution in [0.2, 0.25) is 0 Å². The molecule has 0 saturated carbocycles. The van der Waals surface area contributed by atoms with E-state index in [2.05, 4.69) is 9.47 Å².